The molecular weight excluding hydrogens is 454 g/mol. The van der Waals surface area contributed by atoms with E-state index in [0.29, 0.717) is 24.8 Å². The van der Waals surface area contributed by atoms with Crippen molar-refractivity contribution < 1.29 is 28.5 Å². The van der Waals surface area contributed by atoms with Crippen LogP contribution in [0.5, 0.6) is 5.75 Å². The first-order valence-electron chi connectivity index (χ1n) is 11.8. The summed E-state index contributed by atoms with van der Waals surface area (Å²) >= 11 is 0. The molecule has 1 amide bonds. The Kier molecular flexibility index (Phi) is 9.51. The van der Waals surface area contributed by atoms with Crippen LogP contribution in [0.25, 0.3) is 0 Å². The fraction of sp³-hybridized carbons (Fsp3) is 0.407. The smallest absolute Gasteiger partial charge is 0.296 e. The van der Waals surface area contributed by atoms with E-state index < -0.39 is 24.2 Å². The maximum atomic E-state index is 14.1. The zero-order chi connectivity index (χ0) is 25.2. The average Bonchev–Trinajstić information content (AvgIpc) is 3.31. The van der Waals surface area contributed by atoms with Gasteiger partial charge in [0.1, 0.15) is 12.4 Å². The van der Waals surface area contributed by atoms with Gasteiger partial charge < -0.3 is 20.3 Å². The lowest BCUT2D eigenvalue weighted by Crippen LogP contribution is -2.25. The van der Waals surface area contributed by atoms with E-state index in [4.69, 9.17) is 4.74 Å². The highest BCUT2D eigenvalue weighted by Crippen LogP contribution is 2.36. The van der Waals surface area contributed by atoms with Crippen LogP contribution in [0.2, 0.25) is 0 Å². The number of unbranched alkanes of at least 4 members (excludes halogenated alkanes) is 3. The van der Waals surface area contributed by atoms with Crippen molar-refractivity contribution in [2.24, 2.45) is 4.99 Å². The second-order valence-electron chi connectivity index (χ2n) is 8.79. The van der Waals surface area contributed by atoms with Crippen LogP contribution in [0.1, 0.15) is 55.8 Å². The monoisotopic (exact) mass is 486 g/mol. The molecule has 1 aliphatic rings. The van der Waals surface area contributed by atoms with Gasteiger partial charge in [-0.1, -0.05) is 61.7 Å². The summed E-state index contributed by atoms with van der Waals surface area (Å²) in [6.07, 6.45) is 9.61. The van der Waals surface area contributed by atoms with Gasteiger partial charge in [0.15, 0.2) is 0 Å². The number of ether oxygens (including phenoxy) is 1. The standard InChI is InChI=1S/C27H32F2N2O4/c28-27(29,22-9-4-3-5-10-22)19-35-16-7-2-1-6-13-26(14-8-15-31-26)18-25(34)21-11-12-24(33)23(17-21)30-20-32/h3-5,8-12,14-15,17,20,25,33-34H,1-2,6-7,13,16,18-19H2,(H,30,32). The van der Waals surface area contributed by atoms with Crippen molar-refractivity contribution in [2.75, 3.05) is 18.5 Å². The second kappa shape index (κ2) is 12.6. The summed E-state index contributed by atoms with van der Waals surface area (Å²) in [6.45, 7) is -0.346. The predicted octanol–water partition coefficient (Wildman–Crippen LogP) is 5.52. The number of halogens is 2. The Morgan fingerprint density at radius 2 is 1.89 bits per heavy atom. The maximum absolute atomic E-state index is 14.1. The normalized spacial score (nSPS) is 18.0. The molecule has 0 saturated heterocycles. The molecule has 1 aliphatic heterocycles. The topological polar surface area (TPSA) is 91.2 Å². The van der Waals surface area contributed by atoms with E-state index in [1.807, 2.05) is 12.2 Å². The van der Waals surface area contributed by atoms with Gasteiger partial charge in [-0.25, -0.2) is 0 Å². The lowest BCUT2D eigenvalue weighted by Gasteiger charge is -2.27. The fourth-order valence-electron chi connectivity index (χ4n) is 4.17. The van der Waals surface area contributed by atoms with E-state index in [0.717, 1.165) is 25.7 Å². The van der Waals surface area contributed by atoms with Gasteiger partial charge in [0.05, 0.1) is 17.3 Å². The number of allylic oxidation sites excluding steroid dienone is 1. The maximum Gasteiger partial charge on any atom is 0.296 e. The summed E-state index contributed by atoms with van der Waals surface area (Å²) in [5, 5.41) is 23.0. The number of nitrogens with one attached hydrogen (secondary N) is 1. The van der Waals surface area contributed by atoms with Gasteiger partial charge >= 0.3 is 0 Å². The molecule has 2 aromatic carbocycles. The zero-order valence-corrected chi connectivity index (χ0v) is 19.6. The lowest BCUT2D eigenvalue weighted by atomic mass is 9.85. The largest absolute Gasteiger partial charge is 0.506 e. The summed E-state index contributed by atoms with van der Waals surface area (Å²) < 4.78 is 33.5. The number of nitrogens with zero attached hydrogens (tertiary/aromatic N) is 1. The van der Waals surface area contributed by atoms with Crippen molar-refractivity contribution >= 4 is 18.3 Å². The van der Waals surface area contributed by atoms with Crippen LogP contribution in [0.4, 0.5) is 14.5 Å². The quantitative estimate of drug-likeness (QED) is 0.176. The van der Waals surface area contributed by atoms with Crippen LogP contribution in [0, 0.1) is 0 Å². The third-order valence-corrected chi connectivity index (χ3v) is 6.12. The first-order chi connectivity index (χ1) is 16.9. The van der Waals surface area contributed by atoms with Crippen molar-refractivity contribution in [2.45, 2.75) is 56.1 Å². The summed E-state index contributed by atoms with van der Waals surface area (Å²) in [7, 11) is 0. The number of benzene rings is 2. The SMILES string of the molecule is O=CNc1cc(C(O)CC2(CCCCCCOCC(F)(F)c3ccccc3)C=CC=N2)ccc1O. The number of hydrogen-bond acceptors (Lipinski definition) is 5. The Hall–Kier alpha value is -3.10. The molecule has 2 aromatic rings. The van der Waals surface area contributed by atoms with Crippen LogP contribution in [-0.4, -0.2) is 41.6 Å². The van der Waals surface area contributed by atoms with E-state index in [1.54, 1.807) is 36.5 Å². The molecule has 2 atom stereocenters. The van der Waals surface area contributed by atoms with E-state index in [1.165, 1.54) is 18.2 Å². The van der Waals surface area contributed by atoms with Gasteiger partial charge in [-0.05, 0) is 36.6 Å². The summed E-state index contributed by atoms with van der Waals surface area (Å²) in [6, 6.07) is 12.3. The number of phenolic OH excluding ortho intramolecular Hbond substituents is 1. The molecule has 3 rings (SSSR count). The first-order valence-corrected chi connectivity index (χ1v) is 11.8. The molecule has 8 heteroatoms. The number of aliphatic imine (C=N–C) groups is 1. The van der Waals surface area contributed by atoms with Crippen molar-refractivity contribution in [3.8, 4) is 5.75 Å². The molecule has 35 heavy (non-hydrogen) atoms. The van der Waals surface area contributed by atoms with Crippen LogP contribution in [-0.2, 0) is 15.5 Å². The number of anilines is 1. The molecule has 188 valence electrons. The molecule has 0 aromatic heterocycles. The third kappa shape index (κ3) is 7.70. The highest BCUT2D eigenvalue weighted by Gasteiger charge is 2.32. The Bertz CT molecular complexity index is 999. The highest BCUT2D eigenvalue weighted by molar-refractivity contribution is 5.76. The minimum absolute atomic E-state index is 0.0406. The fourth-order valence-corrected chi connectivity index (χ4v) is 4.17. The number of hydrogen-bond donors (Lipinski definition) is 3. The number of rotatable bonds is 15. The third-order valence-electron chi connectivity index (χ3n) is 6.12. The van der Waals surface area contributed by atoms with Gasteiger partial charge in [0.2, 0.25) is 6.41 Å². The summed E-state index contributed by atoms with van der Waals surface area (Å²) in [5.41, 5.74) is 0.247. The molecule has 3 N–H and O–H groups in total. The minimum atomic E-state index is -3.00. The molecule has 0 spiro atoms. The number of phenols is 1. The van der Waals surface area contributed by atoms with Gasteiger partial charge in [0.25, 0.3) is 5.92 Å². The minimum Gasteiger partial charge on any atom is -0.506 e. The second-order valence-corrected chi connectivity index (χ2v) is 8.79. The predicted molar refractivity (Wildman–Crippen MR) is 132 cm³/mol. The highest BCUT2D eigenvalue weighted by atomic mass is 19.3. The van der Waals surface area contributed by atoms with Gasteiger partial charge in [-0.15, -0.1) is 0 Å². The molecule has 0 bridgehead atoms. The zero-order valence-electron chi connectivity index (χ0n) is 19.6. The van der Waals surface area contributed by atoms with Crippen LogP contribution in [0.3, 0.4) is 0 Å². The van der Waals surface area contributed by atoms with E-state index in [2.05, 4.69) is 10.3 Å². The summed E-state index contributed by atoms with van der Waals surface area (Å²) in [5.74, 6) is -3.07. The number of aliphatic hydroxyl groups excluding tert-OH is 1. The Morgan fingerprint density at radius 1 is 1.11 bits per heavy atom. The molecule has 2 unspecified atom stereocenters. The molecule has 0 saturated carbocycles. The molecule has 0 fully saturated rings. The van der Waals surface area contributed by atoms with E-state index in [9.17, 15) is 23.8 Å². The number of carbonyl (C=O) groups is 1. The summed E-state index contributed by atoms with van der Waals surface area (Å²) in [4.78, 5) is 15.3. The molecule has 6 nitrogen and oxygen atoms in total. The van der Waals surface area contributed by atoms with E-state index >= 15 is 0 Å². The van der Waals surface area contributed by atoms with Gasteiger partial charge in [-0.3, -0.25) is 9.79 Å². The number of alkyl halides is 2. The van der Waals surface area contributed by atoms with Gasteiger partial charge in [-0.2, -0.15) is 8.78 Å². The number of aliphatic hydroxyl groups is 1. The van der Waals surface area contributed by atoms with E-state index in [-0.39, 0.29) is 23.6 Å². The number of aromatic hydroxyl groups is 1. The number of carbonyl (C=O) groups excluding carboxylic acids is 1. The average molecular weight is 487 g/mol. The molecular formula is C27H32F2N2O4. The van der Waals surface area contributed by atoms with Crippen LogP contribution < -0.4 is 5.32 Å². The van der Waals surface area contributed by atoms with Crippen molar-refractivity contribution in [3.63, 3.8) is 0 Å². The van der Waals surface area contributed by atoms with Crippen molar-refractivity contribution in [1.82, 2.24) is 0 Å². The molecule has 0 aliphatic carbocycles. The Balaban J connectivity index is 1.39. The Morgan fingerprint density at radius 3 is 2.60 bits per heavy atom. The lowest BCUT2D eigenvalue weighted by molar-refractivity contribution is -0.105. The van der Waals surface area contributed by atoms with Crippen molar-refractivity contribution in [1.29, 1.82) is 0 Å². The van der Waals surface area contributed by atoms with Gasteiger partial charge in [0, 0.05) is 24.8 Å². The first kappa shape index (κ1) is 26.5. The molecule has 0 radical (unpaired) electrons. The Labute approximate surface area is 204 Å². The van der Waals surface area contributed by atoms with Crippen LogP contribution >= 0.6 is 0 Å². The number of amides is 1. The van der Waals surface area contributed by atoms with Crippen LogP contribution in [0.15, 0.2) is 65.7 Å². The molecule has 1 heterocycles. The van der Waals surface area contributed by atoms with Crippen molar-refractivity contribution in [3.05, 3.63) is 71.8 Å².